The fourth-order valence-corrected chi connectivity index (χ4v) is 5.87. The van der Waals surface area contributed by atoms with Gasteiger partial charge in [-0.3, -0.25) is 4.90 Å². The van der Waals surface area contributed by atoms with Crippen LogP contribution in [0.4, 0.5) is 0 Å². The number of nitrogens with zero attached hydrogens (tertiary/aromatic N) is 1. The Labute approximate surface area is 175 Å². The highest BCUT2D eigenvalue weighted by molar-refractivity contribution is 6.70. The second-order valence-electron chi connectivity index (χ2n) is 9.21. The van der Waals surface area contributed by atoms with Crippen LogP contribution < -0.4 is 0 Å². The molecule has 3 aliphatic rings. The highest BCUT2D eigenvalue weighted by atomic mass is 28.4. The lowest BCUT2D eigenvalue weighted by atomic mass is 9.84. The van der Waals surface area contributed by atoms with Crippen molar-refractivity contribution in [2.45, 2.75) is 44.2 Å². The van der Waals surface area contributed by atoms with Crippen LogP contribution in [-0.2, 0) is 19.6 Å². The predicted octanol–water partition coefficient (Wildman–Crippen LogP) is 4.42. The largest absolute Gasteiger partial charge is 0.458 e. The third kappa shape index (κ3) is 4.18. The second-order valence-corrected chi connectivity index (χ2v) is 13.6. The van der Waals surface area contributed by atoms with Gasteiger partial charge in [0.2, 0.25) is 5.60 Å². The van der Waals surface area contributed by atoms with Crippen molar-refractivity contribution in [1.82, 2.24) is 4.90 Å². The maximum atomic E-state index is 13.9. The molecule has 5 rings (SSSR count). The van der Waals surface area contributed by atoms with Gasteiger partial charge in [-0.25, -0.2) is 4.79 Å². The Balaban J connectivity index is 1.77. The predicted molar refractivity (Wildman–Crippen MR) is 117 cm³/mol. The van der Waals surface area contributed by atoms with Crippen molar-refractivity contribution in [2.24, 2.45) is 5.92 Å². The van der Waals surface area contributed by atoms with E-state index in [1.165, 1.54) is 0 Å². The lowest BCUT2D eigenvalue weighted by molar-refractivity contribution is -0.175. The Morgan fingerprint density at radius 2 is 1.45 bits per heavy atom. The van der Waals surface area contributed by atoms with Gasteiger partial charge >= 0.3 is 5.97 Å². The second kappa shape index (κ2) is 8.05. The highest BCUT2D eigenvalue weighted by Crippen LogP contribution is 2.40. The van der Waals surface area contributed by atoms with Crippen molar-refractivity contribution in [3.63, 3.8) is 0 Å². The van der Waals surface area contributed by atoms with E-state index in [1.54, 1.807) is 0 Å². The van der Waals surface area contributed by atoms with Crippen LogP contribution >= 0.6 is 0 Å². The zero-order chi connectivity index (χ0) is 20.5. The molecule has 1 unspecified atom stereocenters. The van der Waals surface area contributed by atoms with Gasteiger partial charge in [-0.1, -0.05) is 60.7 Å². The fraction of sp³-hybridized carbons (Fsp3) is 0.458. The molecule has 0 N–H and O–H groups in total. The van der Waals surface area contributed by atoms with E-state index in [4.69, 9.17) is 9.16 Å². The molecule has 2 aromatic carbocycles. The zero-order valence-corrected chi connectivity index (χ0v) is 18.6. The first-order chi connectivity index (χ1) is 13.9. The van der Waals surface area contributed by atoms with Crippen molar-refractivity contribution in [1.29, 1.82) is 0 Å². The average molecular weight is 410 g/mol. The van der Waals surface area contributed by atoms with Gasteiger partial charge in [-0.2, -0.15) is 0 Å². The minimum absolute atomic E-state index is 0.0537. The minimum atomic E-state index is -2.11. The average Bonchev–Trinajstić information content (AvgIpc) is 2.73. The van der Waals surface area contributed by atoms with Crippen LogP contribution in [0.3, 0.4) is 0 Å². The number of carbonyl (C=O) groups is 1. The van der Waals surface area contributed by atoms with Gasteiger partial charge in [0.25, 0.3) is 0 Å². The molecule has 3 saturated heterocycles. The molecule has 154 valence electrons. The van der Waals surface area contributed by atoms with E-state index in [9.17, 15) is 4.79 Å². The van der Waals surface area contributed by atoms with Gasteiger partial charge in [-0.05, 0) is 62.6 Å². The van der Waals surface area contributed by atoms with Crippen LogP contribution in [0.5, 0.6) is 0 Å². The van der Waals surface area contributed by atoms with E-state index in [-0.39, 0.29) is 12.1 Å². The molecule has 5 heteroatoms. The van der Waals surface area contributed by atoms with Crippen LogP contribution in [0.15, 0.2) is 60.7 Å². The summed E-state index contributed by atoms with van der Waals surface area (Å²) < 4.78 is 13.0. The van der Waals surface area contributed by atoms with Crippen molar-refractivity contribution in [2.75, 3.05) is 19.6 Å². The fourth-order valence-electron chi connectivity index (χ4n) is 4.63. The zero-order valence-electron chi connectivity index (χ0n) is 17.6. The van der Waals surface area contributed by atoms with Crippen molar-refractivity contribution < 1.29 is 14.0 Å². The van der Waals surface area contributed by atoms with E-state index >= 15 is 0 Å². The molecule has 29 heavy (non-hydrogen) atoms. The monoisotopic (exact) mass is 409 g/mol. The number of esters is 1. The number of carbonyl (C=O) groups excluding carboxylic acids is 1. The van der Waals surface area contributed by atoms with E-state index in [0.29, 0.717) is 5.92 Å². The summed E-state index contributed by atoms with van der Waals surface area (Å²) in [6.45, 7) is 9.43. The molecular weight excluding hydrogens is 378 g/mol. The topological polar surface area (TPSA) is 38.8 Å². The van der Waals surface area contributed by atoms with Crippen LogP contribution in [-0.4, -0.2) is 44.9 Å². The molecule has 3 aliphatic heterocycles. The van der Waals surface area contributed by atoms with Gasteiger partial charge < -0.3 is 9.16 Å². The van der Waals surface area contributed by atoms with E-state index in [0.717, 1.165) is 43.6 Å². The van der Waals surface area contributed by atoms with Crippen LogP contribution in [0.1, 0.15) is 24.0 Å². The molecule has 4 nitrogen and oxygen atoms in total. The molecule has 0 saturated carbocycles. The van der Waals surface area contributed by atoms with Crippen LogP contribution in [0, 0.1) is 5.92 Å². The summed E-state index contributed by atoms with van der Waals surface area (Å²) in [5.74, 6) is 0.177. The van der Waals surface area contributed by atoms with Crippen molar-refractivity contribution >= 4 is 14.3 Å². The molecule has 1 atom stereocenters. The lowest BCUT2D eigenvalue weighted by Crippen LogP contribution is -2.55. The van der Waals surface area contributed by atoms with Gasteiger partial charge in [-0.15, -0.1) is 0 Å². The highest BCUT2D eigenvalue weighted by Gasteiger charge is 2.49. The third-order valence-electron chi connectivity index (χ3n) is 5.96. The molecule has 0 amide bonds. The number of rotatable bonds is 6. The molecule has 2 bridgehead atoms. The number of benzene rings is 2. The first-order valence-corrected chi connectivity index (χ1v) is 14.0. The van der Waals surface area contributed by atoms with E-state index < -0.39 is 13.9 Å². The lowest BCUT2D eigenvalue weighted by Gasteiger charge is -2.45. The molecule has 3 fully saturated rings. The summed E-state index contributed by atoms with van der Waals surface area (Å²) in [6.07, 6.45) is 2.16. The number of hydrogen-bond donors (Lipinski definition) is 0. The van der Waals surface area contributed by atoms with E-state index in [2.05, 4.69) is 24.5 Å². The minimum Gasteiger partial charge on any atom is -0.458 e. The number of ether oxygens (including phenoxy) is 1. The summed E-state index contributed by atoms with van der Waals surface area (Å²) in [5.41, 5.74) is 0.429. The number of piperidine rings is 3. The molecule has 0 aliphatic carbocycles. The molecule has 2 aromatic rings. The first-order valence-electron chi connectivity index (χ1n) is 10.6. The third-order valence-corrected chi connectivity index (χ3v) is 6.88. The Kier molecular flexibility index (Phi) is 5.64. The Hall–Kier alpha value is -1.95. The Morgan fingerprint density at radius 1 is 0.931 bits per heavy atom. The SMILES string of the molecule is C[Si](C)(C)OC(C(=O)OC1CN2CCC1CC2)(c1ccccc1)c1ccccc1. The van der Waals surface area contributed by atoms with Crippen LogP contribution in [0.25, 0.3) is 0 Å². The van der Waals surface area contributed by atoms with Gasteiger partial charge in [0, 0.05) is 6.54 Å². The summed E-state index contributed by atoms with van der Waals surface area (Å²) in [5, 5.41) is 0. The van der Waals surface area contributed by atoms with Crippen molar-refractivity contribution in [3.8, 4) is 0 Å². The Bertz CT molecular complexity index is 787. The van der Waals surface area contributed by atoms with Gasteiger partial charge in [0.1, 0.15) is 6.10 Å². The normalized spacial score (nSPS) is 24.3. The van der Waals surface area contributed by atoms with Gasteiger partial charge in [0.15, 0.2) is 8.32 Å². The standard InChI is InChI=1S/C24H31NO3Si/c1-29(2,3)28-24(20-10-6-4-7-11-20,21-12-8-5-9-13-21)23(26)27-22-18-25-16-14-19(22)15-17-25/h4-13,19,22H,14-18H2,1-3H3. The molecule has 0 radical (unpaired) electrons. The van der Waals surface area contributed by atoms with E-state index in [1.807, 2.05) is 60.7 Å². The summed E-state index contributed by atoms with van der Waals surface area (Å²) in [4.78, 5) is 16.4. The number of hydrogen-bond acceptors (Lipinski definition) is 4. The summed E-state index contributed by atoms with van der Waals surface area (Å²) in [6, 6.07) is 19.7. The molecule has 0 spiro atoms. The molecular formula is C24H31NO3Si. The molecule has 0 aromatic heterocycles. The Morgan fingerprint density at radius 3 is 1.86 bits per heavy atom. The summed E-state index contributed by atoms with van der Waals surface area (Å²) >= 11 is 0. The van der Waals surface area contributed by atoms with Gasteiger partial charge in [0.05, 0.1) is 0 Å². The quantitative estimate of drug-likeness (QED) is 0.523. The molecule has 3 heterocycles. The number of fused-ring (bicyclic) bond motifs is 3. The first kappa shape index (κ1) is 20.3. The maximum absolute atomic E-state index is 13.9. The maximum Gasteiger partial charge on any atom is 0.347 e. The summed E-state index contributed by atoms with van der Waals surface area (Å²) in [7, 11) is -2.11. The van der Waals surface area contributed by atoms with Crippen LogP contribution in [0.2, 0.25) is 19.6 Å². The smallest absolute Gasteiger partial charge is 0.347 e. The van der Waals surface area contributed by atoms with Crippen molar-refractivity contribution in [3.05, 3.63) is 71.8 Å².